The summed E-state index contributed by atoms with van der Waals surface area (Å²) in [5.41, 5.74) is 7.21. The fourth-order valence-electron chi connectivity index (χ4n) is 1.71. The Balaban J connectivity index is 3.06. The molecule has 1 aromatic rings. The molecule has 0 atom stereocenters. The molecule has 0 aromatic heterocycles. The van der Waals surface area contributed by atoms with Crippen molar-refractivity contribution in [1.29, 1.82) is 5.26 Å². The minimum atomic E-state index is -0.905. The zero-order chi connectivity index (χ0) is 12.7. The van der Waals surface area contributed by atoms with Crippen LogP contribution in [0.1, 0.15) is 25.0 Å². The highest BCUT2D eigenvalue weighted by Gasteiger charge is 2.32. The van der Waals surface area contributed by atoms with Gasteiger partial charge < -0.3 is 15.2 Å². The molecule has 0 aliphatic carbocycles. The van der Waals surface area contributed by atoms with Crippen LogP contribution in [0.25, 0.3) is 0 Å². The summed E-state index contributed by atoms with van der Waals surface area (Å²) in [6.07, 6.45) is 0. The van der Waals surface area contributed by atoms with Crippen LogP contribution in [0.2, 0.25) is 0 Å². The van der Waals surface area contributed by atoms with Crippen molar-refractivity contribution in [3.8, 4) is 6.07 Å². The summed E-state index contributed by atoms with van der Waals surface area (Å²) < 4.78 is 11.3. The van der Waals surface area contributed by atoms with E-state index in [4.69, 9.17) is 20.5 Å². The van der Waals surface area contributed by atoms with Crippen LogP contribution >= 0.6 is 0 Å². The van der Waals surface area contributed by atoms with Crippen LogP contribution < -0.4 is 5.73 Å². The second-order valence-corrected chi connectivity index (χ2v) is 3.51. The Bertz CT molecular complexity index is 375. The molecule has 0 aliphatic heterocycles. The van der Waals surface area contributed by atoms with Crippen LogP contribution in [0.3, 0.4) is 0 Å². The smallest absolute Gasteiger partial charge is 0.207 e. The molecular formula is C13H18N2O2. The molecule has 0 saturated heterocycles. The van der Waals surface area contributed by atoms with Gasteiger partial charge in [-0.1, -0.05) is 12.1 Å². The first kappa shape index (κ1) is 13.7. The highest BCUT2D eigenvalue weighted by atomic mass is 16.7. The van der Waals surface area contributed by atoms with Crippen LogP contribution in [0, 0.1) is 11.3 Å². The molecule has 92 valence electrons. The van der Waals surface area contributed by atoms with E-state index in [1.807, 2.05) is 26.0 Å². The van der Waals surface area contributed by atoms with E-state index in [1.54, 1.807) is 12.1 Å². The van der Waals surface area contributed by atoms with Gasteiger partial charge in [0.1, 0.15) is 0 Å². The molecule has 2 N–H and O–H groups in total. The van der Waals surface area contributed by atoms with Gasteiger partial charge in [-0.15, -0.1) is 0 Å². The number of hydrogen-bond donors (Lipinski definition) is 1. The Morgan fingerprint density at radius 1 is 1.18 bits per heavy atom. The molecule has 1 aromatic carbocycles. The molecule has 1 rings (SSSR count). The Kier molecular flexibility index (Phi) is 5.11. The lowest BCUT2D eigenvalue weighted by Gasteiger charge is -2.32. The van der Waals surface area contributed by atoms with Crippen LogP contribution in [0.4, 0.5) is 0 Å². The Hall–Kier alpha value is -1.41. The van der Waals surface area contributed by atoms with Gasteiger partial charge in [-0.3, -0.25) is 0 Å². The van der Waals surface area contributed by atoms with Gasteiger partial charge in [0.25, 0.3) is 0 Å². The van der Waals surface area contributed by atoms with Gasteiger partial charge in [-0.05, 0) is 26.0 Å². The predicted octanol–water partition coefficient (Wildman–Crippen LogP) is 1.74. The maximum atomic E-state index is 8.76. The molecule has 0 bridgehead atoms. The number of nitrogens with two attached hydrogens (primary N) is 1. The molecule has 4 heteroatoms. The van der Waals surface area contributed by atoms with E-state index in [1.165, 1.54) is 0 Å². The van der Waals surface area contributed by atoms with E-state index in [9.17, 15) is 0 Å². The van der Waals surface area contributed by atoms with Crippen molar-refractivity contribution in [3.05, 3.63) is 35.4 Å². The maximum Gasteiger partial charge on any atom is 0.207 e. The SMILES string of the molecule is CCOC(CN)(OCC)c1ccc(C#N)cc1. The van der Waals surface area contributed by atoms with Gasteiger partial charge in [-0.2, -0.15) is 5.26 Å². The number of ether oxygens (including phenoxy) is 2. The molecule has 17 heavy (non-hydrogen) atoms. The lowest BCUT2D eigenvalue weighted by Crippen LogP contribution is -2.41. The molecule has 0 spiro atoms. The first-order valence-electron chi connectivity index (χ1n) is 5.71. The molecule has 0 aliphatic rings. The number of rotatable bonds is 6. The molecule has 0 heterocycles. The molecule has 4 nitrogen and oxygen atoms in total. The quantitative estimate of drug-likeness (QED) is 0.761. The van der Waals surface area contributed by atoms with E-state index in [2.05, 4.69) is 6.07 Å². The molecular weight excluding hydrogens is 216 g/mol. The van der Waals surface area contributed by atoms with Crippen LogP contribution in [-0.4, -0.2) is 19.8 Å². The Labute approximate surface area is 102 Å². The van der Waals surface area contributed by atoms with Crippen molar-refractivity contribution in [1.82, 2.24) is 0 Å². The molecule has 0 radical (unpaired) electrons. The number of benzene rings is 1. The first-order chi connectivity index (χ1) is 8.22. The van der Waals surface area contributed by atoms with Crippen LogP contribution in [0.5, 0.6) is 0 Å². The topological polar surface area (TPSA) is 68.3 Å². The Morgan fingerprint density at radius 3 is 2.06 bits per heavy atom. The minimum absolute atomic E-state index is 0.237. The summed E-state index contributed by atoms with van der Waals surface area (Å²) >= 11 is 0. The van der Waals surface area contributed by atoms with Crippen molar-refractivity contribution < 1.29 is 9.47 Å². The summed E-state index contributed by atoms with van der Waals surface area (Å²) in [5, 5.41) is 8.76. The summed E-state index contributed by atoms with van der Waals surface area (Å²) in [5.74, 6) is -0.905. The Morgan fingerprint density at radius 2 is 1.71 bits per heavy atom. The van der Waals surface area contributed by atoms with Crippen molar-refractivity contribution in [2.24, 2.45) is 5.73 Å². The lowest BCUT2D eigenvalue weighted by atomic mass is 10.0. The third-order valence-electron chi connectivity index (χ3n) is 2.48. The van der Waals surface area contributed by atoms with E-state index >= 15 is 0 Å². The lowest BCUT2D eigenvalue weighted by molar-refractivity contribution is -0.235. The van der Waals surface area contributed by atoms with E-state index < -0.39 is 5.79 Å². The third kappa shape index (κ3) is 3.04. The number of hydrogen-bond acceptors (Lipinski definition) is 4. The van der Waals surface area contributed by atoms with Gasteiger partial charge in [-0.25, -0.2) is 0 Å². The highest BCUT2D eigenvalue weighted by Crippen LogP contribution is 2.26. The zero-order valence-electron chi connectivity index (χ0n) is 10.3. The number of nitriles is 1. The first-order valence-corrected chi connectivity index (χ1v) is 5.71. The molecule has 0 fully saturated rings. The largest absolute Gasteiger partial charge is 0.345 e. The average molecular weight is 234 g/mol. The van der Waals surface area contributed by atoms with Crippen molar-refractivity contribution >= 4 is 0 Å². The van der Waals surface area contributed by atoms with Crippen molar-refractivity contribution in [2.75, 3.05) is 19.8 Å². The van der Waals surface area contributed by atoms with Crippen LogP contribution in [0.15, 0.2) is 24.3 Å². The van der Waals surface area contributed by atoms with Gasteiger partial charge >= 0.3 is 0 Å². The fourth-order valence-corrected chi connectivity index (χ4v) is 1.71. The summed E-state index contributed by atoms with van der Waals surface area (Å²) in [7, 11) is 0. The van der Waals surface area contributed by atoms with E-state index in [0.717, 1.165) is 5.56 Å². The monoisotopic (exact) mass is 234 g/mol. The van der Waals surface area contributed by atoms with Gasteiger partial charge in [0.15, 0.2) is 0 Å². The summed E-state index contributed by atoms with van der Waals surface area (Å²) in [6, 6.07) is 9.17. The standard InChI is InChI=1S/C13H18N2O2/c1-3-16-13(10-15,17-4-2)12-7-5-11(9-14)6-8-12/h5-8H,3-4,10,15H2,1-2H3. The minimum Gasteiger partial charge on any atom is -0.345 e. The molecule has 0 unspecified atom stereocenters. The van der Waals surface area contributed by atoms with Crippen molar-refractivity contribution in [2.45, 2.75) is 19.6 Å². The van der Waals surface area contributed by atoms with Gasteiger partial charge in [0, 0.05) is 18.8 Å². The van der Waals surface area contributed by atoms with Gasteiger partial charge in [0.05, 0.1) is 18.2 Å². The van der Waals surface area contributed by atoms with Crippen LogP contribution in [-0.2, 0) is 15.3 Å². The maximum absolute atomic E-state index is 8.76. The highest BCUT2D eigenvalue weighted by molar-refractivity contribution is 5.33. The third-order valence-corrected chi connectivity index (χ3v) is 2.48. The van der Waals surface area contributed by atoms with E-state index in [-0.39, 0.29) is 6.54 Å². The molecule has 0 saturated carbocycles. The van der Waals surface area contributed by atoms with Gasteiger partial charge in [0.2, 0.25) is 5.79 Å². The normalized spacial score (nSPS) is 11.2. The number of nitrogens with zero attached hydrogens (tertiary/aromatic N) is 1. The fraction of sp³-hybridized carbons (Fsp3) is 0.462. The average Bonchev–Trinajstić information content (AvgIpc) is 2.38. The van der Waals surface area contributed by atoms with Crippen molar-refractivity contribution in [3.63, 3.8) is 0 Å². The van der Waals surface area contributed by atoms with E-state index in [0.29, 0.717) is 18.8 Å². The second-order valence-electron chi connectivity index (χ2n) is 3.51. The summed E-state index contributed by atoms with van der Waals surface area (Å²) in [4.78, 5) is 0. The predicted molar refractivity (Wildman–Crippen MR) is 65.1 cm³/mol. The molecule has 0 amide bonds. The second kappa shape index (κ2) is 6.36. The zero-order valence-corrected chi connectivity index (χ0v) is 10.3. The summed E-state index contributed by atoms with van der Waals surface area (Å²) in [6.45, 7) is 5.05.